The summed E-state index contributed by atoms with van der Waals surface area (Å²) in [5, 5.41) is 15.2. The van der Waals surface area contributed by atoms with Crippen molar-refractivity contribution in [2.75, 3.05) is 31.2 Å². The lowest BCUT2D eigenvalue weighted by molar-refractivity contribution is 0.0926. The summed E-state index contributed by atoms with van der Waals surface area (Å²) >= 11 is 5.78. The predicted octanol–water partition coefficient (Wildman–Crippen LogP) is -1.11. The Bertz CT molecular complexity index is 970. The molecule has 186 valence electrons. The second-order valence-electron chi connectivity index (χ2n) is 7.37. The molecule has 13 nitrogen and oxygen atoms in total. The van der Waals surface area contributed by atoms with E-state index in [1.807, 2.05) is 24.3 Å². The van der Waals surface area contributed by atoms with Crippen LogP contribution in [0.1, 0.15) is 28.9 Å². The smallest absolute Gasteiger partial charge is 0.276 e. The molecule has 1 aromatic heterocycles. The maximum absolute atomic E-state index is 12.2. The lowest BCUT2D eigenvalue weighted by Gasteiger charge is -2.16. The number of ether oxygens (including phenoxy) is 1. The molecule has 2 atom stereocenters. The second-order valence-corrected chi connectivity index (χ2v) is 7.73. The average Bonchev–Trinajstić information content (AvgIpc) is 2.79. The van der Waals surface area contributed by atoms with Crippen LogP contribution in [0.25, 0.3) is 0 Å². The summed E-state index contributed by atoms with van der Waals surface area (Å²) in [6.45, 7) is 0.753. The molecule has 1 aromatic carbocycles. The molecule has 0 aliphatic carbocycles. The summed E-state index contributed by atoms with van der Waals surface area (Å²) in [5.74, 6) is -0.237. The van der Waals surface area contributed by atoms with Crippen LogP contribution in [0.3, 0.4) is 0 Å². The zero-order valence-corrected chi connectivity index (χ0v) is 19.3. The van der Waals surface area contributed by atoms with Gasteiger partial charge in [-0.1, -0.05) is 23.7 Å². The molecule has 0 saturated heterocycles. The normalized spacial score (nSPS) is 12.6. The standard InChI is InChI=1S/C20H31ClN10O3/c21-15-17(23)30-16(22)14(29-15)18(33)31-20(26)27-8-2-1-3-11-4-6-13(7-5-11)34-10-12(32)9-28-19(24)25/h4-7,12,20,27,32H,1-3,8-10,26H2,(H,31,33)(H4,22,23,30)(H4,24,25,28). The highest BCUT2D eigenvalue weighted by molar-refractivity contribution is 6.31. The van der Waals surface area contributed by atoms with Crippen LogP contribution in [0.2, 0.25) is 5.15 Å². The molecule has 14 heteroatoms. The van der Waals surface area contributed by atoms with Crippen molar-refractivity contribution in [1.29, 1.82) is 0 Å². The predicted molar refractivity (Wildman–Crippen MR) is 131 cm³/mol. The molecular weight excluding hydrogens is 464 g/mol. The summed E-state index contributed by atoms with van der Waals surface area (Å²) < 4.78 is 5.52. The first-order valence-electron chi connectivity index (χ1n) is 10.5. The number of hydrogen-bond donors (Lipinski definition) is 8. The van der Waals surface area contributed by atoms with Gasteiger partial charge in [0, 0.05) is 0 Å². The Labute approximate surface area is 202 Å². The minimum atomic E-state index is -0.802. The molecule has 2 aromatic rings. The molecule has 0 saturated carbocycles. The number of aromatic nitrogens is 2. The lowest BCUT2D eigenvalue weighted by Crippen LogP contribution is -2.52. The Morgan fingerprint density at radius 3 is 2.53 bits per heavy atom. The number of unbranched alkanes of at least 4 members (excludes halogenated alkanes) is 1. The van der Waals surface area contributed by atoms with Gasteiger partial charge in [-0.3, -0.25) is 20.8 Å². The van der Waals surface area contributed by atoms with Crippen LogP contribution in [-0.2, 0) is 6.42 Å². The molecule has 13 N–H and O–H groups in total. The number of carbonyl (C=O) groups is 1. The number of nitrogens with one attached hydrogen (secondary N) is 2. The molecule has 0 aliphatic heterocycles. The highest BCUT2D eigenvalue weighted by Crippen LogP contribution is 2.17. The van der Waals surface area contributed by atoms with Crippen LogP contribution in [0.4, 0.5) is 11.6 Å². The number of rotatable bonds is 13. The number of nitrogens with zero attached hydrogens (tertiary/aromatic N) is 3. The quantitative estimate of drug-likeness (QED) is 0.0718. The first kappa shape index (κ1) is 26.9. The zero-order valence-electron chi connectivity index (χ0n) is 18.6. The van der Waals surface area contributed by atoms with E-state index in [-0.39, 0.29) is 41.6 Å². The Morgan fingerprint density at radius 2 is 1.85 bits per heavy atom. The fourth-order valence-corrected chi connectivity index (χ4v) is 2.92. The zero-order chi connectivity index (χ0) is 25.1. The number of halogens is 1. The van der Waals surface area contributed by atoms with Gasteiger partial charge in [0.15, 0.2) is 28.4 Å². The van der Waals surface area contributed by atoms with Crippen LogP contribution in [0.15, 0.2) is 29.3 Å². The number of nitrogen functional groups attached to an aromatic ring is 2. The molecule has 0 aliphatic rings. The summed E-state index contributed by atoms with van der Waals surface area (Å²) in [7, 11) is 0. The van der Waals surface area contributed by atoms with Crippen LogP contribution in [-0.4, -0.2) is 59.0 Å². The van der Waals surface area contributed by atoms with Gasteiger partial charge in [-0.2, -0.15) is 0 Å². The molecule has 2 unspecified atom stereocenters. The van der Waals surface area contributed by atoms with Crippen molar-refractivity contribution < 1.29 is 14.6 Å². The van der Waals surface area contributed by atoms with Crippen molar-refractivity contribution in [2.45, 2.75) is 31.7 Å². The van der Waals surface area contributed by atoms with Gasteiger partial charge in [-0.25, -0.2) is 9.97 Å². The summed E-state index contributed by atoms with van der Waals surface area (Å²) in [6, 6.07) is 7.59. The Hall–Kier alpha value is -3.39. The monoisotopic (exact) mass is 494 g/mol. The van der Waals surface area contributed by atoms with E-state index >= 15 is 0 Å². The van der Waals surface area contributed by atoms with E-state index in [0.717, 1.165) is 24.8 Å². The van der Waals surface area contributed by atoms with Gasteiger partial charge in [-0.05, 0) is 43.5 Å². The topological polar surface area (TPSA) is 239 Å². The lowest BCUT2D eigenvalue weighted by atomic mass is 10.1. The largest absolute Gasteiger partial charge is 0.491 e. The van der Waals surface area contributed by atoms with Gasteiger partial charge < -0.3 is 38.1 Å². The van der Waals surface area contributed by atoms with Gasteiger partial charge >= 0.3 is 0 Å². The van der Waals surface area contributed by atoms with Gasteiger partial charge in [-0.15, -0.1) is 0 Å². The van der Waals surface area contributed by atoms with Gasteiger partial charge in [0.1, 0.15) is 24.8 Å². The fraction of sp³-hybridized carbons (Fsp3) is 0.400. The van der Waals surface area contributed by atoms with Crippen LogP contribution in [0.5, 0.6) is 5.75 Å². The van der Waals surface area contributed by atoms with E-state index in [4.69, 9.17) is 45.0 Å². The first-order valence-corrected chi connectivity index (χ1v) is 10.9. The van der Waals surface area contributed by atoms with E-state index < -0.39 is 18.3 Å². The molecular formula is C20H31ClN10O3. The van der Waals surface area contributed by atoms with Gasteiger partial charge in [0.2, 0.25) is 0 Å². The number of guanidine groups is 1. The average molecular weight is 495 g/mol. The van der Waals surface area contributed by atoms with E-state index in [0.29, 0.717) is 12.3 Å². The molecule has 0 fully saturated rings. The molecule has 1 heterocycles. The maximum atomic E-state index is 12.2. The highest BCUT2D eigenvalue weighted by Gasteiger charge is 2.17. The van der Waals surface area contributed by atoms with E-state index in [9.17, 15) is 9.90 Å². The summed E-state index contributed by atoms with van der Waals surface area (Å²) in [4.78, 5) is 23.6. The number of anilines is 2. The Kier molecular flexibility index (Phi) is 10.5. The molecule has 0 spiro atoms. The number of amides is 1. The Morgan fingerprint density at radius 1 is 1.15 bits per heavy atom. The van der Waals surface area contributed by atoms with Crippen LogP contribution < -0.4 is 44.0 Å². The third-order valence-electron chi connectivity index (χ3n) is 4.51. The number of carbonyl (C=O) groups excluding carboxylic acids is 1. The molecule has 2 rings (SSSR count). The first-order chi connectivity index (χ1) is 16.2. The SMILES string of the molecule is NC(N)=NCC(O)COc1ccc(CCCCNC(N)NC(=O)c2nc(Cl)c(N)nc2N)cc1. The number of aliphatic hydroxyl groups excluding tert-OH is 1. The number of benzene rings is 1. The highest BCUT2D eigenvalue weighted by atomic mass is 35.5. The number of aryl methyl sites for hydroxylation is 1. The maximum Gasteiger partial charge on any atom is 0.276 e. The number of aliphatic hydroxyl groups is 1. The number of nitrogens with two attached hydrogens (primary N) is 5. The van der Waals surface area contributed by atoms with E-state index in [1.165, 1.54) is 0 Å². The molecule has 34 heavy (non-hydrogen) atoms. The van der Waals surface area contributed by atoms with Gasteiger partial charge in [0.25, 0.3) is 5.91 Å². The van der Waals surface area contributed by atoms with Crippen molar-refractivity contribution in [3.05, 3.63) is 40.7 Å². The van der Waals surface area contributed by atoms with E-state index in [1.54, 1.807) is 0 Å². The molecule has 0 bridgehead atoms. The third kappa shape index (κ3) is 9.23. The minimum absolute atomic E-state index is 0.0568. The van der Waals surface area contributed by atoms with Crippen molar-refractivity contribution in [1.82, 2.24) is 20.6 Å². The van der Waals surface area contributed by atoms with Crippen LogP contribution in [0, 0.1) is 0 Å². The van der Waals surface area contributed by atoms with Crippen molar-refractivity contribution in [3.8, 4) is 5.75 Å². The van der Waals surface area contributed by atoms with Crippen molar-refractivity contribution in [2.24, 2.45) is 22.2 Å². The van der Waals surface area contributed by atoms with E-state index in [2.05, 4.69) is 25.6 Å². The summed E-state index contributed by atoms with van der Waals surface area (Å²) in [6.07, 6.45) is 0.988. The fourth-order valence-electron chi connectivity index (χ4n) is 2.79. The molecule has 1 amide bonds. The van der Waals surface area contributed by atoms with Crippen molar-refractivity contribution >= 4 is 35.1 Å². The number of aliphatic imine (C=N–C) groups is 1. The van der Waals surface area contributed by atoms with Crippen LogP contribution >= 0.6 is 11.6 Å². The second kappa shape index (κ2) is 13.3. The summed E-state index contributed by atoms with van der Waals surface area (Å²) in [5.41, 5.74) is 28.5. The Balaban J connectivity index is 1.64. The van der Waals surface area contributed by atoms with Crippen molar-refractivity contribution in [3.63, 3.8) is 0 Å². The van der Waals surface area contributed by atoms with Gasteiger partial charge in [0.05, 0.1) is 6.54 Å². The minimum Gasteiger partial charge on any atom is -0.491 e. The number of hydrogen-bond acceptors (Lipinski definition) is 10. The molecule has 0 radical (unpaired) electrons. The third-order valence-corrected chi connectivity index (χ3v) is 4.79.